The molecule has 4 rings (SSSR count). The van der Waals surface area contributed by atoms with Crippen molar-refractivity contribution in [2.45, 2.75) is 50.4 Å². The zero-order valence-electron chi connectivity index (χ0n) is 16.0. The van der Waals surface area contributed by atoms with Crippen LogP contribution in [0.2, 0.25) is 0 Å². The van der Waals surface area contributed by atoms with Crippen LogP contribution in [0, 0.1) is 5.92 Å². The summed E-state index contributed by atoms with van der Waals surface area (Å²) < 4.78 is 11.6. The van der Waals surface area contributed by atoms with Gasteiger partial charge in [0.25, 0.3) is 0 Å². The SMILES string of the molecule is COc1cc([C@H]2NCC[C@@]3(O)CCCC[C@H]23)ccc1OCc1ccccc1. The van der Waals surface area contributed by atoms with E-state index >= 15 is 0 Å². The molecular formula is C23H29NO3. The molecule has 1 aliphatic carbocycles. The summed E-state index contributed by atoms with van der Waals surface area (Å²) >= 11 is 0. The standard InChI is InChI=1S/C23H29NO3/c1-26-21-15-18(10-11-20(21)27-16-17-7-3-2-4-8-17)22-19-9-5-6-12-23(19,25)13-14-24-22/h2-4,7-8,10-11,15,19,22,24-25H,5-6,9,12-14,16H2,1H3/t19-,22-,23+/m1/s1. The maximum atomic E-state index is 11.1. The van der Waals surface area contributed by atoms with E-state index in [1.807, 2.05) is 24.3 Å². The molecule has 2 aromatic rings. The smallest absolute Gasteiger partial charge is 0.161 e. The molecule has 0 radical (unpaired) electrons. The molecular weight excluding hydrogens is 338 g/mol. The Bertz CT molecular complexity index is 759. The first-order valence-electron chi connectivity index (χ1n) is 10.00. The average molecular weight is 367 g/mol. The number of benzene rings is 2. The number of nitrogens with one attached hydrogen (secondary N) is 1. The Kier molecular flexibility index (Phi) is 5.37. The van der Waals surface area contributed by atoms with Crippen molar-refractivity contribution in [1.29, 1.82) is 0 Å². The zero-order chi connectivity index (χ0) is 18.7. The van der Waals surface area contributed by atoms with Gasteiger partial charge in [0.1, 0.15) is 6.61 Å². The average Bonchev–Trinajstić information content (AvgIpc) is 2.72. The van der Waals surface area contributed by atoms with Gasteiger partial charge in [0.15, 0.2) is 11.5 Å². The van der Waals surface area contributed by atoms with E-state index in [0.717, 1.165) is 49.3 Å². The van der Waals surface area contributed by atoms with Gasteiger partial charge in [-0.05, 0) is 49.1 Å². The van der Waals surface area contributed by atoms with Crippen molar-refractivity contribution in [3.63, 3.8) is 0 Å². The maximum absolute atomic E-state index is 11.1. The van der Waals surface area contributed by atoms with E-state index < -0.39 is 5.60 Å². The number of aliphatic hydroxyl groups is 1. The van der Waals surface area contributed by atoms with Gasteiger partial charge in [0, 0.05) is 12.0 Å². The lowest BCUT2D eigenvalue weighted by Crippen LogP contribution is -2.53. The summed E-state index contributed by atoms with van der Waals surface area (Å²) in [5, 5.41) is 14.8. The van der Waals surface area contributed by atoms with Crippen LogP contribution >= 0.6 is 0 Å². The van der Waals surface area contributed by atoms with Crippen molar-refractivity contribution >= 4 is 0 Å². The Morgan fingerprint density at radius 1 is 1.07 bits per heavy atom. The number of ether oxygens (including phenoxy) is 2. The highest BCUT2D eigenvalue weighted by Crippen LogP contribution is 2.46. The fourth-order valence-corrected chi connectivity index (χ4v) is 4.71. The second-order valence-electron chi connectivity index (χ2n) is 7.82. The molecule has 1 aliphatic heterocycles. The Balaban J connectivity index is 1.53. The van der Waals surface area contributed by atoms with Gasteiger partial charge in [0.2, 0.25) is 0 Å². The van der Waals surface area contributed by atoms with Gasteiger partial charge in [-0.25, -0.2) is 0 Å². The van der Waals surface area contributed by atoms with Gasteiger partial charge in [-0.2, -0.15) is 0 Å². The van der Waals surface area contributed by atoms with E-state index in [4.69, 9.17) is 9.47 Å². The van der Waals surface area contributed by atoms with Gasteiger partial charge < -0.3 is 19.9 Å². The largest absolute Gasteiger partial charge is 0.493 e. The number of rotatable bonds is 5. The first-order chi connectivity index (χ1) is 13.2. The molecule has 0 bridgehead atoms. The molecule has 1 saturated heterocycles. The van der Waals surface area contributed by atoms with E-state index in [2.05, 4.69) is 29.6 Å². The lowest BCUT2D eigenvalue weighted by atomic mass is 9.67. The fraction of sp³-hybridized carbons (Fsp3) is 0.478. The minimum atomic E-state index is -0.524. The molecule has 0 amide bonds. The maximum Gasteiger partial charge on any atom is 0.161 e. The molecule has 0 spiro atoms. The van der Waals surface area contributed by atoms with Gasteiger partial charge >= 0.3 is 0 Å². The number of fused-ring (bicyclic) bond motifs is 1. The van der Waals surface area contributed by atoms with Crippen LogP contribution in [0.15, 0.2) is 48.5 Å². The predicted octanol–water partition coefficient (Wildman–Crippen LogP) is 4.23. The number of piperidine rings is 1. The number of hydrogen-bond acceptors (Lipinski definition) is 4. The number of methoxy groups -OCH3 is 1. The molecule has 27 heavy (non-hydrogen) atoms. The molecule has 0 unspecified atom stereocenters. The van der Waals surface area contributed by atoms with Crippen molar-refractivity contribution in [2.24, 2.45) is 5.92 Å². The molecule has 1 heterocycles. The Morgan fingerprint density at radius 2 is 1.93 bits per heavy atom. The molecule has 1 saturated carbocycles. The summed E-state index contributed by atoms with van der Waals surface area (Å²) in [6.07, 6.45) is 5.17. The molecule has 2 fully saturated rings. The third kappa shape index (κ3) is 3.83. The summed E-state index contributed by atoms with van der Waals surface area (Å²) in [7, 11) is 1.68. The van der Waals surface area contributed by atoms with Crippen molar-refractivity contribution in [1.82, 2.24) is 5.32 Å². The normalized spacial score (nSPS) is 27.6. The third-order valence-electron chi connectivity index (χ3n) is 6.17. The third-order valence-corrected chi connectivity index (χ3v) is 6.17. The van der Waals surface area contributed by atoms with Crippen molar-refractivity contribution < 1.29 is 14.6 Å². The minimum absolute atomic E-state index is 0.168. The van der Waals surface area contributed by atoms with Gasteiger partial charge in [-0.15, -0.1) is 0 Å². The van der Waals surface area contributed by atoms with E-state index in [1.54, 1.807) is 7.11 Å². The van der Waals surface area contributed by atoms with E-state index in [1.165, 1.54) is 12.0 Å². The first-order valence-corrected chi connectivity index (χ1v) is 10.00. The zero-order valence-corrected chi connectivity index (χ0v) is 16.0. The molecule has 144 valence electrons. The van der Waals surface area contributed by atoms with Crippen molar-refractivity contribution in [2.75, 3.05) is 13.7 Å². The summed E-state index contributed by atoms with van der Waals surface area (Å²) in [6, 6.07) is 16.5. The van der Waals surface area contributed by atoms with E-state index in [0.29, 0.717) is 6.61 Å². The van der Waals surface area contributed by atoms with Gasteiger partial charge in [-0.3, -0.25) is 0 Å². The lowest BCUT2D eigenvalue weighted by molar-refractivity contribution is -0.0861. The van der Waals surface area contributed by atoms with Crippen LogP contribution in [0.4, 0.5) is 0 Å². The quantitative estimate of drug-likeness (QED) is 0.830. The van der Waals surface area contributed by atoms with Crippen molar-refractivity contribution in [3.05, 3.63) is 59.7 Å². The van der Waals surface area contributed by atoms with Crippen LogP contribution in [0.3, 0.4) is 0 Å². The molecule has 2 N–H and O–H groups in total. The molecule has 2 aromatic carbocycles. The topological polar surface area (TPSA) is 50.7 Å². The van der Waals surface area contributed by atoms with Crippen LogP contribution in [-0.2, 0) is 6.61 Å². The molecule has 0 aromatic heterocycles. The highest BCUT2D eigenvalue weighted by Gasteiger charge is 2.45. The van der Waals surface area contributed by atoms with E-state index in [-0.39, 0.29) is 12.0 Å². The first kappa shape index (κ1) is 18.3. The lowest BCUT2D eigenvalue weighted by Gasteiger charge is -2.48. The fourth-order valence-electron chi connectivity index (χ4n) is 4.71. The summed E-state index contributed by atoms with van der Waals surface area (Å²) in [6.45, 7) is 1.37. The van der Waals surface area contributed by atoms with Gasteiger partial charge in [0.05, 0.1) is 12.7 Å². The highest BCUT2D eigenvalue weighted by molar-refractivity contribution is 5.44. The Morgan fingerprint density at radius 3 is 2.74 bits per heavy atom. The summed E-state index contributed by atoms with van der Waals surface area (Å²) in [5.74, 6) is 1.76. The summed E-state index contributed by atoms with van der Waals surface area (Å²) in [5.41, 5.74) is 1.78. The second-order valence-corrected chi connectivity index (χ2v) is 7.82. The molecule has 2 aliphatic rings. The summed E-state index contributed by atoms with van der Waals surface area (Å²) in [4.78, 5) is 0. The van der Waals surface area contributed by atoms with Crippen LogP contribution < -0.4 is 14.8 Å². The highest BCUT2D eigenvalue weighted by atomic mass is 16.5. The minimum Gasteiger partial charge on any atom is -0.493 e. The van der Waals surface area contributed by atoms with Crippen LogP contribution in [-0.4, -0.2) is 24.4 Å². The monoisotopic (exact) mass is 367 g/mol. The van der Waals surface area contributed by atoms with Crippen LogP contribution in [0.5, 0.6) is 11.5 Å². The van der Waals surface area contributed by atoms with Gasteiger partial charge in [-0.1, -0.05) is 49.2 Å². The molecule has 4 heteroatoms. The predicted molar refractivity (Wildman–Crippen MR) is 106 cm³/mol. The number of hydrogen-bond donors (Lipinski definition) is 2. The Hall–Kier alpha value is -2.04. The van der Waals surface area contributed by atoms with Crippen LogP contribution in [0.25, 0.3) is 0 Å². The Labute approximate surface area is 161 Å². The van der Waals surface area contributed by atoms with Crippen molar-refractivity contribution in [3.8, 4) is 11.5 Å². The second kappa shape index (κ2) is 7.91. The molecule has 4 nitrogen and oxygen atoms in total. The van der Waals surface area contributed by atoms with Crippen LogP contribution in [0.1, 0.15) is 49.3 Å². The van der Waals surface area contributed by atoms with E-state index in [9.17, 15) is 5.11 Å². The molecule has 3 atom stereocenters.